The highest BCUT2D eigenvalue weighted by Crippen LogP contribution is 2.47. The number of rotatable bonds is 8. The van der Waals surface area contributed by atoms with Crippen LogP contribution in [-0.2, 0) is 22.6 Å². The van der Waals surface area contributed by atoms with E-state index >= 15 is 0 Å². The molecule has 1 aliphatic carbocycles. The van der Waals surface area contributed by atoms with Crippen molar-refractivity contribution in [1.29, 1.82) is 0 Å². The molecule has 3 aromatic rings. The van der Waals surface area contributed by atoms with Crippen molar-refractivity contribution in [3.05, 3.63) is 102 Å². The zero-order chi connectivity index (χ0) is 25.1. The van der Waals surface area contributed by atoms with Gasteiger partial charge in [-0.25, -0.2) is 0 Å². The summed E-state index contributed by atoms with van der Waals surface area (Å²) in [6, 6.07) is 17.7. The van der Waals surface area contributed by atoms with E-state index in [0.29, 0.717) is 11.3 Å². The van der Waals surface area contributed by atoms with Crippen molar-refractivity contribution in [3.63, 3.8) is 0 Å². The molecule has 2 aromatic carbocycles. The number of amides is 2. The van der Waals surface area contributed by atoms with Crippen molar-refractivity contribution in [2.75, 3.05) is 13.2 Å². The molecule has 0 bridgehead atoms. The smallest absolute Gasteiger partial charge is 0.247 e. The van der Waals surface area contributed by atoms with Gasteiger partial charge in [0.25, 0.3) is 0 Å². The van der Waals surface area contributed by atoms with E-state index in [1.54, 1.807) is 23.3 Å². The number of furan rings is 1. The second-order valence-corrected chi connectivity index (χ2v) is 9.00. The Morgan fingerprint density at radius 3 is 2.53 bits per heavy atom. The molecule has 3 N–H and O–H groups in total. The lowest BCUT2D eigenvalue weighted by atomic mass is 9.77. The number of para-hydroxylation sites is 1. The number of aliphatic hydroxyl groups excluding tert-OH is 2. The summed E-state index contributed by atoms with van der Waals surface area (Å²) in [6.45, 7) is 0.0830. The van der Waals surface area contributed by atoms with Crippen molar-refractivity contribution >= 4 is 11.8 Å². The van der Waals surface area contributed by atoms with Gasteiger partial charge in [0.2, 0.25) is 11.8 Å². The van der Waals surface area contributed by atoms with E-state index in [0.717, 1.165) is 16.7 Å². The molecule has 8 nitrogen and oxygen atoms in total. The van der Waals surface area contributed by atoms with Crippen LogP contribution in [0.4, 0.5) is 0 Å². The molecule has 0 spiro atoms. The van der Waals surface area contributed by atoms with E-state index in [1.165, 1.54) is 6.26 Å². The summed E-state index contributed by atoms with van der Waals surface area (Å²) in [6.07, 6.45) is 3.07. The third-order valence-electron chi connectivity index (χ3n) is 6.69. The van der Waals surface area contributed by atoms with Crippen LogP contribution in [0.2, 0.25) is 0 Å². The van der Waals surface area contributed by atoms with Crippen LogP contribution in [0.15, 0.2) is 89.3 Å². The SMILES string of the molecule is O=C(NCCO)C1=CC(N(Cc2ccoc2)C(=O)Cc2ccccc2)C(O)C2Oc3ccccc3C12. The summed E-state index contributed by atoms with van der Waals surface area (Å²) in [5.41, 5.74) is 2.82. The molecule has 1 aliphatic heterocycles. The molecule has 5 rings (SSSR count). The summed E-state index contributed by atoms with van der Waals surface area (Å²) in [7, 11) is 0. The Labute approximate surface area is 208 Å². The number of aliphatic hydroxyl groups is 2. The van der Waals surface area contributed by atoms with Crippen LogP contribution in [0, 0.1) is 0 Å². The molecule has 0 fully saturated rings. The maximum atomic E-state index is 13.6. The Kier molecular flexibility index (Phi) is 6.88. The van der Waals surface area contributed by atoms with Crippen molar-refractivity contribution in [1.82, 2.24) is 10.2 Å². The van der Waals surface area contributed by atoms with Gasteiger partial charge in [-0.05, 0) is 23.8 Å². The molecule has 0 saturated carbocycles. The molecule has 2 aliphatic rings. The molecule has 36 heavy (non-hydrogen) atoms. The number of nitrogens with zero attached hydrogens (tertiary/aromatic N) is 1. The number of hydrogen-bond acceptors (Lipinski definition) is 6. The lowest BCUT2D eigenvalue weighted by molar-refractivity contribution is -0.137. The first kappa shape index (κ1) is 23.8. The number of fused-ring (bicyclic) bond motifs is 3. The van der Waals surface area contributed by atoms with Crippen molar-refractivity contribution < 1.29 is 29.0 Å². The van der Waals surface area contributed by atoms with Crippen LogP contribution in [0.1, 0.15) is 22.6 Å². The van der Waals surface area contributed by atoms with Gasteiger partial charge in [0.15, 0.2) is 0 Å². The van der Waals surface area contributed by atoms with Crippen LogP contribution in [0.25, 0.3) is 0 Å². The molecule has 2 amide bonds. The fraction of sp³-hybridized carbons (Fsp3) is 0.286. The third-order valence-corrected chi connectivity index (χ3v) is 6.69. The minimum Gasteiger partial charge on any atom is -0.486 e. The second-order valence-electron chi connectivity index (χ2n) is 9.00. The topological polar surface area (TPSA) is 112 Å². The van der Waals surface area contributed by atoms with E-state index in [2.05, 4.69) is 5.32 Å². The Hall–Kier alpha value is -3.88. The van der Waals surface area contributed by atoms with E-state index in [9.17, 15) is 19.8 Å². The fourth-order valence-corrected chi connectivity index (χ4v) is 5.00. The minimum absolute atomic E-state index is 0.0922. The maximum absolute atomic E-state index is 13.6. The number of ether oxygens (including phenoxy) is 1. The molecule has 186 valence electrons. The van der Waals surface area contributed by atoms with Gasteiger partial charge in [0.1, 0.15) is 18.0 Å². The number of nitrogens with one attached hydrogen (secondary N) is 1. The monoisotopic (exact) mass is 488 g/mol. The van der Waals surface area contributed by atoms with Crippen LogP contribution in [0.3, 0.4) is 0 Å². The Morgan fingerprint density at radius 1 is 1.00 bits per heavy atom. The Balaban J connectivity index is 1.53. The second kappa shape index (κ2) is 10.4. The standard InChI is InChI=1S/C28H28N2O6/c31-12-11-29-28(34)21-15-22(26(33)27-25(21)20-8-4-5-9-23(20)36-27)30(16-19-10-13-35-17-19)24(32)14-18-6-2-1-3-7-18/h1-10,13,15,17,22,25-27,31,33H,11-12,14,16H2,(H,29,34). The van der Waals surface area contributed by atoms with Gasteiger partial charge in [-0.3, -0.25) is 9.59 Å². The van der Waals surface area contributed by atoms with Crippen LogP contribution >= 0.6 is 0 Å². The Bertz CT molecular complexity index is 1240. The quantitative estimate of drug-likeness (QED) is 0.448. The van der Waals surface area contributed by atoms with Gasteiger partial charge in [-0.15, -0.1) is 0 Å². The molecule has 4 atom stereocenters. The van der Waals surface area contributed by atoms with Crippen LogP contribution in [-0.4, -0.2) is 58.3 Å². The van der Waals surface area contributed by atoms with E-state index in [4.69, 9.17) is 9.15 Å². The predicted molar refractivity (Wildman–Crippen MR) is 131 cm³/mol. The van der Waals surface area contributed by atoms with Gasteiger partial charge >= 0.3 is 0 Å². The largest absolute Gasteiger partial charge is 0.486 e. The first-order chi connectivity index (χ1) is 17.6. The number of benzene rings is 2. The molecular formula is C28H28N2O6. The van der Waals surface area contributed by atoms with Crippen molar-refractivity contribution in [2.24, 2.45) is 0 Å². The first-order valence-corrected chi connectivity index (χ1v) is 12.0. The molecular weight excluding hydrogens is 460 g/mol. The maximum Gasteiger partial charge on any atom is 0.247 e. The molecule has 1 aromatic heterocycles. The van der Waals surface area contributed by atoms with Gasteiger partial charge in [-0.2, -0.15) is 0 Å². The highest BCUT2D eigenvalue weighted by atomic mass is 16.5. The highest BCUT2D eigenvalue weighted by molar-refractivity contribution is 5.96. The van der Waals surface area contributed by atoms with Gasteiger partial charge in [0.05, 0.1) is 37.5 Å². The molecule has 0 radical (unpaired) electrons. The summed E-state index contributed by atoms with van der Waals surface area (Å²) in [5, 5.41) is 23.5. The van der Waals surface area contributed by atoms with E-state index in [-0.39, 0.29) is 37.9 Å². The summed E-state index contributed by atoms with van der Waals surface area (Å²) in [4.78, 5) is 28.4. The van der Waals surface area contributed by atoms with Crippen LogP contribution in [0.5, 0.6) is 5.75 Å². The lowest BCUT2D eigenvalue weighted by Crippen LogP contribution is -2.55. The zero-order valence-corrected chi connectivity index (χ0v) is 19.6. The molecule has 8 heteroatoms. The fourth-order valence-electron chi connectivity index (χ4n) is 5.00. The number of carbonyl (C=O) groups is 2. The van der Waals surface area contributed by atoms with Gasteiger partial charge < -0.3 is 29.6 Å². The third kappa shape index (κ3) is 4.65. The van der Waals surface area contributed by atoms with E-state index < -0.39 is 24.2 Å². The Morgan fingerprint density at radius 2 is 1.78 bits per heavy atom. The van der Waals surface area contributed by atoms with Gasteiger partial charge in [-0.1, -0.05) is 48.5 Å². The van der Waals surface area contributed by atoms with Gasteiger partial charge in [0, 0.05) is 29.8 Å². The highest BCUT2D eigenvalue weighted by Gasteiger charge is 2.50. The summed E-state index contributed by atoms with van der Waals surface area (Å²) in [5.74, 6) is -0.460. The van der Waals surface area contributed by atoms with Crippen molar-refractivity contribution in [2.45, 2.75) is 37.1 Å². The predicted octanol–water partition coefficient (Wildman–Crippen LogP) is 2.17. The van der Waals surface area contributed by atoms with Crippen molar-refractivity contribution in [3.8, 4) is 5.75 Å². The molecule has 4 unspecified atom stereocenters. The average molecular weight is 489 g/mol. The minimum atomic E-state index is -1.08. The average Bonchev–Trinajstić information content (AvgIpc) is 3.55. The summed E-state index contributed by atoms with van der Waals surface area (Å²) < 4.78 is 11.4. The lowest BCUT2D eigenvalue weighted by Gasteiger charge is -2.40. The van der Waals surface area contributed by atoms with E-state index in [1.807, 2.05) is 54.6 Å². The first-order valence-electron chi connectivity index (χ1n) is 12.0. The summed E-state index contributed by atoms with van der Waals surface area (Å²) >= 11 is 0. The number of hydrogen-bond donors (Lipinski definition) is 3. The molecule has 2 heterocycles. The number of carbonyl (C=O) groups excluding carboxylic acids is 2. The normalized spacial score (nSPS) is 22.1. The zero-order valence-electron chi connectivity index (χ0n) is 19.6. The van der Waals surface area contributed by atoms with Crippen LogP contribution < -0.4 is 10.1 Å². The molecule has 0 saturated heterocycles.